The van der Waals surface area contributed by atoms with Crippen LogP contribution in [0.25, 0.3) is 0 Å². The molecular formula is C15H23N3O3. The van der Waals surface area contributed by atoms with Crippen LogP contribution in [-0.2, 0) is 11.3 Å². The first kappa shape index (κ1) is 15.6. The number of carboxylic acids is 1. The maximum absolute atomic E-state index is 11.9. The van der Waals surface area contributed by atoms with Gasteiger partial charge in [0.25, 0.3) is 0 Å². The topological polar surface area (TPSA) is 74.6 Å². The third kappa shape index (κ3) is 4.60. The van der Waals surface area contributed by atoms with Crippen molar-refractivity contribution in [3.05, 3.63) is 24.0 Å². The molecule has 1 aliphatic heterocycles. The fraction of sp³-hybridized carbons (Fsp3) is 0.600. The molecule has 0 radical (unpaired) electrons. The molecule has 1 unspecified atom stereocenters. The van der Waals surface area contributed by atoms with E-state index < -0.39 is 5.97 Å². The van der Waals surface area contributed by atoms with E-state index in [1.165, 1.54) is 23.5 Å². The summed E-state index contributed by atoms with van der Waals surface area (Å²) < 4.78 is 1.45. The Labute approximate surface area is 124 Å². The Morgan fingerprint density at radius 1 is 1.38 bits per heavy atom. The minimum absolute atomic E-state index is 0.0467. The molecule has 1 aliphatic rings. The first-order valence-corrected chi connectivity index (χ1v) is 7.43. The van der Waals surface area contributed by atoms with Gasteiger partial charge in [0, 0.05) is 19.3 Å². The van der Waals surface area contributed by atoms with E-state index in [1.54, 1.807) is 12.3 Å². The van der Waals surface area contributed by atoms with Gasteiger partial charge in [0.05, 0.1) is 0 Å². The molecule has 1 fully saturated rings. The van der Waals surface area contributed by atoms with Gasteiger partial charge in [0.2, 0.25) is 5.91 Å². The van der Waals surface area contributed by atoms with E-state index in [0.717, 1.165) is 19.6 Å². The monoisotopic (exact) mass is 293 g/mol. The summed E-state index contributed by atoms with van der Waals surface area (Å²) in [6, 6.07) is 3.12. The van der Waals surface area contributed by atoms with E-state index in [9.17, 15) is 9.59 Å². The molecule has 1 atom stereocenters. The number of rotatable bonds is 7. The van der Waals surface area contributed by atoms with Crippen LogP contribution in [0.2, 0.25) is 0 Å². The first-order valence-electron chi connectivity index (χ1n) is 7.43. The van der Waals surface area contributed by atoms with Gasteiger partial charge >= 0.3 is 5.97 Å². The molecule has 2 rings (SSSR count). The van der Waals surface area contributed by atoms with E-state index in [4.69, 9.17) is 5.11 Å². The van der Waals surface area contributed by atoms with Crippen molar-refractivity contribution >= 4 is 11.9 Å². The zero-order chi connectivity index (χ0) is 15.2. The summed E-state index contributed by atoms with van der Waals surface area (Å²) in [6.07, 6.45) is 4.14. The lowest BCUT2D eigenvalue weighted by atomic mass is 10.1. The van der Waals surface area contributed by atoms with Crippen LogP contribution in [0.1, 0.15) is 30.3 Å². The average Bonchev–Trinajstić information content (AvgIpc) is 3.07. The molecule has 6 heteroatoms. The molecule has 6 nitrogen and oxygen atoms in total. The second-order valence-corrected chi connectivity index (χ2v) is 5.74. The van der Waals surface area contributed by atoms with Crippen LogP contribution >= 0.6 is 0 Å². The lowest BCUT2D eigenvalue weighted by molar-refractivity contribution is -0.121. The molecule has 1 aromatic rings. The Bertz CT molecular complexity index is 492. The van der Waals surface area contributed by atoms with Crippen LogP contribution in [0.5, 0.6) is 0 Å². The lowest BCUT2D eigenvalue weighted by Gasteiger charge is -2.20. The Hall–Kier alpha value is -1.82. The molecule has 21 heavy (non-hydrogen) atoms. The van der Waals surface area contributed by atoms with E-state index in [2.05, 4.69) is 17.1 Å². The highest BCUT2D eigenvalue weighted by Crippen LogP contribution is 2.09. The molecule has 0 aliphatic carbocycles. The van der Waals surface area contributed by atoms with Gasteiger partial charge in [-0.15, -0.1) is 0 Å². The molecule has 1 aromatic heterocycles. The average molecular weight is 293 g/mol. The number of carbonyl (C=O) groups excluding carboxylic acids is 1. The van der Waals surface area contributed by atoms with Crippen molar-refractivity contribution in [1.82, 2.24) is 14.8 Å². The number of nitrogens with zero attached hydrogens (tertiary/aromatic N) is 2. The van der Waals surface area contributed by atoms with Crippen LogP contribution in [0.3, 0.4) is 0 Å². The Kier molecular flexibility index (Phi) is 5.38. The quantitative estimate of drug-likeness (QED) is 0.787. The fourth-order valence-corrected chi connectivity index (χ4v) is 2.72. The molecule has 2 heterocycles. The normalized spacial score (nSPS) is 16.8. The summed E-state index contributed by atoms with van der Waals surface area (Å²) in [5.41, 5.74) is 0.135. The highest BCUT2D eigenvalue weighted by Gasteiger charge is 2.16. The number of carbonyl (C=O) groups is 2. The van der Waals surface area contributed by atoms with Gasteiger partial charge in [-0.25, -0.2) is 4.79 Å². The second kappa shape index (κ2) is 7.26. The summed E-state index contributed by atoms with van der Waals surface area (Å²) in [5.74, 6) is -0.771. The Morgan fingerprint density at radius 2 is 2.10 bits per heavy atom. The van der Waals surface area contributed by atoms with Crippen molar-refractivity contribution in [3.63, 3.8) is 0 Å². The number of likely N-dealkylation sites (tertiary alicyclic amines) is 1. The predicted octanol–water partition coefficient (Wildman–Crippen LogP) is 1.03. The van der Waals surface area contributed by atoms with Crippen LogP contribution < -0.4 is 5.32 Å². The van der Waals surface area contributed by atoms with Crippen LogP contribution in [0.4, 0.5) is 0 Å². The van der Waals surface area contributed by atoms with E-state index in [-0.39, 0.29) is 18.1 Å². The van der Waals surface area contributed by atoms with Crippen molar-refractivity contribution in [3.8, 4) is 0 Å². The minimum Gasteiger partial charge on any atom is -0.477 e. The van der Waals surface area contributed by atoms with Gasteiger partial charge in [-0.05, 0) is 44.0 Å². The Balaban J connectivity index is 1.73. The zero-order valence-electron chi connectivity index (χ0n) is 12.4. The molecule has 116 valence electrons. The van der Waals surface area contributed by atoms with Gasteiger partial charge < -0.3 is 19.9 Å². The largest absolute Gasteiger partial charge is 0.477 e. The van der Waals surface area contributed by atoms with Crippen LogP contribution in [0, 0.1) is 5.92 Å². The number of hydrogen-bond acceptors (Lipinski definition) is 3. The zero-order valence-corrected chi connectivity index (χ0v) is 12.4. The number of carboxylic acid groups (broad SMARTS) is 1. The van der Waals surface area contributed by atoms with Crippen molar-refractivity contribution < 1.29 is 14.7 Å². The van der Waals surface area contributed by atoms with Gasteiger partial charge in [0.1, 0.15) is 12.2 Å². The number of hydrogen-bond donors (Lipinski definition) is 2. The number of amides is 1. The standard InChI is InChI=1S/C15H23N3O3/c1-12(10-17-6-2-3-7-17)9-16-14(19)11-18-8-4-5-13(18)15(20)21/h4-5,8,12H,2-3,6-7,9-11H2,1H3,(H,16,19)(H,20,21). The molecule has 1 saturated heterocycles. The minimum atomic E-state index is -1.02. The number of nitrogens with one attached hydrogen (secondary N) is 1. The summed E-state index contributed by atoms with van der Waals surface area (Å²) in [6.45, 7) is 6.11. The lowest BCUT2D eigenvalue weighted by Crippen LogP contribution is -2.36. The third-order valence-electron chi connectivity index (χ3n) is 3.78. The fourth-order valence-electron chi connectivity index (χ4n) is 2.72. The maximum atomic E-state index is 11.9. The molecular weight excluding hydrogens is 270 g/mol. The SMILES string of the molecule is CC(CNC(=O)Cn1cccc1C(=O)O)CN1CCCC1. The number of aromatic carboxylic acids is 1. The highest BCUT2D eigenvalue weighted by atomic mass is 16.4. The summed E-state index contributed by atoms with van der Waals surface area (Å²) in [4.78, 5) is 25.3. The van der Waals surface area contributed by atoms with Crippen molar-refractivity contribution in [1.29, 1.82) is 0 Å². The van der Waals surface area contributed by atoms with Crippen molar-refractivity contribution in [2.75, 3.05) is 26.2 Å². The maximum Gasteiger partial charge on any atom is 0.352 e. The summed E-state index contributed by atoms with van der Waals surface area (Å²) in [7, 11) is 0. The van der Waals surface area contributed by atoms with Crippen LogP contribution in [-0.4, -0.2) is 52.6 Å². The molecule has 1 amide bonds. The Morgan fingerprint density at radius 3 is 2.76 bits per heavy atom. The predicted molar refractivity (Wildman–Crippen MR) is 79.2 cm³/mol. The second-order valence-electron chi connectivity index (χ2n) is 5.74. The number of aromatic nitrogens is 1. The highest BCUT2D eigenvalue weighted by molar-refractivity contribution is 5.86. The molecule has 0 spiro atoms. The van der Waals surface area contributed by atoms with E-state index in [0.29, 0.717) is 12.5 Å². The summed E-state index contributed by atoms with van der Waals surface area (Å²) >= 11 is 0. The van der Waals surface area contributed by atoms with Crippen molar-refractivity contribution in [2.45, 2.75) is 26.3 Å². The van der Waals surface area contributed by atoms with Crippen molar-refractivity contribution in [2.24, 2.45) is 5.92 Å². The third-order valence-corrected chi connectivity index (χ3v) is 3.78. The molecule has 0 saturated carbocycles. The first-order chi connectivity index (χ1) is 10.1. The van der Waals surface area contributed by atoms with Gasteiger partial charge in [-0.3, -0.25) is 4.79 Å². The van der Waals surface area contributed by atoms with Gasteiger partial charge in [-0.1, -0.05) is 6.92 Å². The van der Waals surface area contributed by atoms with Gasteiger partial charge in [-0.2, -0.15) is 0 Å². The van der Waals surface area contributed by atoms with E-state index >= 15 is 0 Å². The smallest absolute Gasteiger partial charge is 0.352 e. The van der Waals surface area contributed by atoms with Gasteiger partial charge in [0.15, 0.2) is 0 Å². The molecule has 0 aromatic carbocycles. The molecule has 2 N–H and O–H groups in total. The summed E-state index contributed by atoms with van der Waals surface area (Å²) in [5, 5.41) is 11.9. The molecule has 0 bridgehead atoms. The van der Waals surface area contributed by atoms with E-state index in [1.807, 2.05) is 0 Å². The van der Waals surface area contributed by atoms with Crippen LogP contribution in [0.15, 0.2) is 18.3 Å².